The minimum Gasteiger partial charge on any atom is -0.385 e. The molecule has 7 heteroatoms. The van der Waals surface area contributed by atoms with E-state index in [1.54, 1.807) is 0 Å². The van der Waals surface area contributed by atoms with Crippen LogP contribution in [-0.4, -0.2) is 16.5 Å². The zero-order valence-electron chi connectivity index (χ0n) is 11.1. The average molecular weight is 349 g/mol. The van der Waals surface area contributed by atoms with E-state index in [1.165, 1.54) is 18.0 Å². The van der Waals surface area contributed by atoms with Gasteiger partial charge in [-0.05, 0) is 52.5 Å². The second kappa shape index (κ2) is 5.69. The molecule has 6 nitrogen and oxygen atoms in total. The van der Waals surface area contributed by atoms with Crippen LogP contribution >= 0.6 is 15.9 Å². The van der Waals surface area contributed by atoms with Crippen molar-refractivity contribution in [2.45, 2.75) is 12.8 Å². The van der Waals surface area contributed by atoms with Crippen molar-refractivity contribution < 1.29 is 4.92 Å². The number of hydrogen-bond donors (Lipinski definition) is 2. The van der Waals surface area contributed by atoms with Crippen molar-refractivity contribution in [1.82, 2.24) is 4.98 Å². The largest absolute Gasteiger partial charge is 0.385 e. The van der Waals surface area contributed by atoms with E-state index in [-0.39, 0.29) is 5.69 Å². The Labute approximate surface area is 129 Å². The first-order valence-electron chi connectivity index (χ1n) is 6.57. The molecule has 0 fully saturated rings. The standard InChI is InChI=1S/C14H13BrN4O2/c15-11-7-16-8-13(19(20)21)14(11)18-10-3-4-12-9(6-10)2-1-5-17-12/h3-4,6-8,17H,1-2,5H2,(H,16,18). The molecule has 1 aliphatic rings. The van der Waals surface area contributed by atoms with Crippen LogP contribution in [0, 0.1) is 10.1 Å². The molecule has 3 rings (SSSR count). The molecule has 0 spiro atoms. The Bertz CT molecular complexity index is 705. The number of pyridine rings is 1. The molecule has 0 saturated heterocycles. The fraction of sp³-hybridized carbons (Fsp3) is 0.214. The Balaban J connectivity index is 1.95. The number of nitrogens with one attached hydrogen (secondary N) is 2. The third kappa shape index (κ3) is 2.82. The fourth-order valence-electron chi connectivity index (χ4n) is 2.38. The molecular weight excluding hydrogens is 336 g/mol. The molecule has 0 aliphatic carbocycles. The van der Waals surface area contributed by atoms with Crippen LogP contribution in [0.25, 0.3) is 0 Å². The summed E-state index contributed by atoms with van der Waals surface area (Å²) in [5.74, 6) is 0. The van der Waals surface area contributed by atoms with Gasteiger partial charge in [0.2, 0.25) is 0 Å². The van der Waals surface area contributed by atoms with Crippen molar-refractivity contribution in [3.63, 3.8) is 0 Å². The lowest BCUT2D eigenvalue weighted by Crippen LogP contribution is -2.11. The van der Waals surface area contributed by atoms with Crippen LogP contribution in [0.5, 0.6) is 0 Å². The number of benzene rings is 1. The van der Waals surface area contributed by atoms with Crippen molar-refractivity contribution in [3.8, 4) is 0 Å². The van der Waals surface area contributed by atoms with Gasteiger partial charge in [-0.2, -0.15) is 0 Å². The number of fused-ring (bicyclic) bond motifs is 1. The van der Waals surface area contributed by atoms with E-state index in [0.29, 0.717) is 10.2 Å². The van der Waals surface area contributed by atoms with Crippen LogP contribution in [0.3, 0.4) is 0 Å². The number of aryl methyl sites for hydroxylation is 1. The van der Waals surface area contributed by atoms with Crippen molar-refractivity contribution in [3.05, 3.63) is 50.7 Å². The third-order valence-corrected chi connectivity index (χ3v) is 3.99. The number of nitro groups is 1. The monoisotopic (exact) mass is 348 g/mol. The van der Waals surface area contributed by atoms with Crippen molar-refractivity contribution >= 4 is 38.7 Å². The smallest absolute Gasteiger partial charge is 0.311 e. The third-order valence-electron chi connectivity index (χ3n) is 3.39. The first kappa shape index (κ1) is 13.8. The molecule has 2 aromatic rings. The molecule has 0 radical (unpaired) electrons. The summed E-state index contributed by atoms with van der Waals surface area (Å²) in [5.41, 5.74) is 3.54. The van der Waals surface area contributed by atoms with E-state index in [1.807, 2.05) is 18.2 Å². The van der Waals surface area contributed by atoms with Crippen LogP contribution in [0.15, 0.2) is 35.1 Å². The normalized spacial score (nSPS) is 13.2. The Morgan fingerprint density at radius 1 is 1.38 bits per heavy atom. The lowest BCUT2D eigenvalue weighted by atomic mass is 10.0. The number of anilines is 3. The van der Waals surface area contributed by atoms with Gasteiger partial charge >= 0.3 is 5.69 Å². The van der Waals surface area contributed by atoms with Gasteiger partial charge in [-0.3, -0.25) is 15.1 Å². The molecule has 0 saturated carbocycles. The summed E-state index contributed by atoms with van der Waals surface area (Å²) in [4.78, 5) is 14.5. The maximum Gasteiger partial charge on any atom is 0.311 e. The first-order chi connectivity index (χ1) is 10.1. The summed E-state index contributed by atoms with van der Waals surface area (Å²) in [6, 6.07) is 5.93. The van der Waals surface area contributed by atoms with E-state index >= 15 is 0 Å². The van der Waals surface area contributed by atoms with E-state index in [4.69, 9.17) is 0 Å². The molecule has 0 bridgehead atoms. The number of nitrogens with zero attached hydrogens (tertiary/aromatic N) is 2. The van der Waals surface area contributed by atoms with Crippen LogP contribution in [0.4, 0.5) is 22.7 Å². The highest BCUT2D eigenvalue weighted by molar-refractivity contribution is 9.10. The predicted molar refractivity (Wildman–Crippen MR) is 85.1 cm³/mol. The van der Waals surface area contributed by atoms with Gasteiger partial charge in [-0.25, -0.2) is 0 Å². The van der Waals surface area contributed by atoms with Gasteiger partial charge in [-0.15, -0.1) is 0 Å². The highest BCUT2D eigenvalue weighted by Crippen LogP contribution is 2.35. The van der Waals surface area contributed by atoms with Gasteiger partial charge in [0, 0.05) is 24.1 Å². The Kier molecular flexibility index (Phi) is 3.74. The maximum atomic E-state index is 11.1. The van der Waals surface area contributed by atoms with Gasteiger partial charge in [0.25, 0.3) is 0 Å². The van der Waals surface area contributed by atoms with Crippen LogP contribution in [0.2, 0.25) is 0 Å². The molecule has 108 valence electrons. The quantitative estimate of drug-likeness (QED) is 0.650. The summed E-state index contributed by atoms with van der Waals surface area (Å²) in [6.45, 7) is 0.987. The van der Waals surface area contributed by atoms with Gasteiger partial charge in [0.05, 0.1) is 9.40 Å². The zero-order chi connectivity index (χ0) is 14.8. The molecule has 2 heterocycles. The van der Waals surface area contributed by atoms with E-state index < -0.39 is 4.92 Å². The first-order valence-corrected chi connectivity index (χ1v) is 7.36. The van der Waals surface area contributed by atoms with E-state index in [2.05, 4.69) is 31.5 Å². The lowest BCUT2D eigenvalue weighted by Gasteiger charge is -2.19. The minimum absolute atomic E-state index is 0.0554. The van der Waals surface area contributed by atoms with E-state index in [0.717, 1.165) is 30.8 Å². The maximum absolute atomic E-state index is 11.1. The van der Waals surface area contributed by atoms with Crippen molar-refractivity contribution in [2.24, 2.45) is 0 Å². The van der Waals surface area contributed by atoms with Gasteiger partial charge < -0.3 is 10.6 Å². The lowest BCUT2D eigenvalue weighted by molar-refractivity contribution is -0.384. The van der Waals surface area contributed by atoms with Gasteiger partial charge in [-0.1, -0.05) is 0 Å². The fourth-order valence-corrected chi connectivity index (χ4v) is 2.80. The molecule has 1 aromatic carbocycles. The molecule has 21 heavy (non-hydrogen) atoms. The van der Waals surface area contributed by atoms with Crippen LogP contribution < -0.4 is 10.6 Å². The second-order valence-electron chi connectivity index (χ2n) is 4.80. The summed E-state index contributed by atoms with van der Waals surface area (Å²) in [5, 5.41) is 17.5. The summed E-state index contributed by atoms with van der Waals surface area (Å²) in [7, 11) is 0. The van der Waals surface area contributed by atoms with E-state index in [9.17, 15) is 10.1 Å². The Hall–Kier alpha value is -2.15. The van der Waals surface area contributed by atoms with Crippen LogP contribution in [0.1, 0.15) is 12.0 Å². The predicted octanol–water partition coefficient (Wildman–Crippen LogP) is 3.85. The SMILES string of the molecule is O=[N+]([O-])c1cncc(Br)c1Nc1ccc2c(c1)CCCN2. The minimum atomic E-state index is -0.444. The van der Waals surface area contributed by atoms with Crippen molar-refractivity contribution in [1.29, 1.82) is 0 Å². The van der Waals surface area contributed by atoms with Crippen LogP contribution in [-0.2, 0) is 6.42 Å². The molecular formula is C14H13BrN4O2. The summed E-state index contributed by atoms with van der Waals surface area (Å²) < 4.78 is 0.563. The Morgan fingerprint density at radius 3 is 3.05 bits per heavy atom. The zero-order valence-corrected chi connectivity index (χ0v) is 12.7. The molecule has 0 amide bonds. The average Bonchev–Trinajstić information content (AvgIpc) is 2.49. The number of hydrogen-bond acceptors (Lipinski definition) is 5. The topological polar surface area (TPSA) is 80.1 Å². The number of halogens is 1. The summed E-state index contributed by atoms with van der Waals surface area (Å²) >= 11 is 3.31. The number of aromatic nitrogens is 1. The number of rotatable bonds is 3. The van der Waals surface area contributed by atoms with Gasteiger partial charge in [0.15, 0.2) is 0 Å². The van der Waals surface area contributed by atoms with Crippen molar-refractivity contribution in [2.75, 3.05) is 17.2 Å². The molecule has 1 aromatic heterocycles. The van der Waals surface area contributed by atoms with Gasteiger partial charge in [0.1, 0.15) is 11.9 Å². The Morgan fingerprint density at radius 2 is 2.24 bits per heavy atom. The highest BCUT2D eigenvalue weighted by Gasteiger charge is 2.18. The molecule has 1 aliphatic heterocycles. The highest BCUT2D eigenvalue weighted by atomic mass is 79.9. The molecule has 0 atom stereocenters. The molecule has 2 N–H and O–H groups in total. The molecule has 0 unspecified atom stereocenters. The summed E-state index contributed by atoms with van der Waals surface area (Å²) in [6.07, 6.45) is 4.88. The second-order valence-corrected chi connectivity index (χ2v) is 5.65.